The van der Waals surface area contributed by atoms with Gasteiger partial charge in [0.05, 0.1) is 0 Å². The Morgan fingerprint density at radius 2 is 2.06 bits per heavy atom. The second kappa shape index (κ2) is 6.39. The SMILES string of the molecule is CC1CCCCC1NC(=O)CC1CCCNC1. The quantitative estimate of drug-likeness (QED) is 0.790. The van der Waals surface area contributed by atoms with Gasteiger partial charge in [0.15, 0.2) is 0 Å². The zero-order valence-electron chi connectivity index (χ0n) is 11.0. The lowest BCUT2D eigenvalue weighted by Crippen LogP contribution is -2.42. The lowest BCUT2D eigenvalue weighted by molar-refractivity contribution is -0.123. The minimum atomic E-state index is 0.275. The molecule has 0 aromatic heterocycles. The zero-order chi connectivity index (χ0) is 12.1. The number of amides is 1. The van der Waals surface area contributed by atoms with Crippen LogP contribution in [0, 0.1) is 11.8 Å². The predicted octanol–water partition coefficient (Wildman–Crippen LogP) is 2.07. The third kappa shape index (κ3) is 3.98. The topological polar surface area (TPSA) is 41.1 Å². The van der Waals surface area contributed by atoms with Crippen LogP contribution in [0.15, 0.2) is 0 Å². The van der Waals surface area contributed by atoms with Crippen LogP contribution in [-0.2, 0) is 4.79 Å². The van der Waals surface area contributed by atoms with Gasteiger partial charge in [0.2, 0.25) is 5.91 Å². The van der Waals surface area contributed by atoms with E-state index in [1.165, 1.54) is 38.5 Å². The van der Waals surface area contributed by atoms with Gasteiger partial charge in [0, 0.05) is 12.5 Å². The number of hydrogen-bond acceptors (Lipinski definition) is 2. The number of piperidine rings is 1. The minimum absolute atomic E-state index is 0.275. The lowest BCUT2D eigenvalue weighted by atomic mass is 9.85. The van der Waals surface area contributed by atoms with Crippen molar-refractivity contribution < 1.29 is 4.79 Å². The molecule has 0 radical (unpaired) electrons. The summed E-state index contributed by atoms with van der Waals surface area (Å²) in [6.07, 6.45) is 8.21. The van der Waals surface area contributed by atoms with E-state index in [4.69, 9.17) is 0 Å². The molecule has 0 bridgehead atoms. The Hall–Kier alpha value is -0.570. The molecule has 1 saturated carbocycles. The van der Waals surface area contributed by atoms with Crippen LogP contribution in [0.1, 0.15) is 51.9 Å². The molecule has 2 aliphatic rings. The second-order valence-electron chi connectivity index (χ2n) is 5.85. The van der Waals surface area contributed by atoms with Crippen molar-refractivity contribution in [1.82, 2.24) is 10.6 Å². The molecule has 1 saturated heterocycles. The molecule has 0 spiro atoms. The molecule has 3 nitrogen and oxygen atoms in total. The summed E-state index contributed by atoms with van der Waals surface area (Å²) in [5, 5.41) is 6.62. The molecule has 3 atom stereocenters. The maximum absolute atomic E-state index is 12.0. The Balaban J connectivity index is 1.72. The average Bonchev–Trinajstić information content (AvgIpc) is 2.33. The highest BCUT2D eigenvalue weighted by Crippen LogP contribution is 2.24. The van der Waals surface area contributed by atoms with Crippen molar-refractivity contribution in [3.63, 3.8) is 0 Å². The zero-order valence-corrected chi connectivity index (χ0v) is 11.0. The average molecular weight is 238 g/mol. The first-order valence-electron chi connectivity index (χ1n) is 7.26. The summed E-state index contributed by atoms with van der Waals surface area (Å²) < 4.78 is 0. The standard InChI is InChI=1S/C14H26N2O/c1-11-5-2-3-7-13(11)16-14(17)9-12-6-4-8-15-10-12/h11-13,15H,2-10H2,1H3,(H,16,17). The maximum atomic E-state index is 12.0. The van der Waals surface area contributed by atoms with Gasteiger partial charge in [-0.2, -0.15) is 0 Å². The van der Waals surface area contributed by atoms with E-state index < -0.39 is 0 Å². The summed E-state index contributed by atoms with van der Waals surface area (Å²) in [6.45, 7) is 4.41. The molecular formula is C14H26N2O. The molecule has 1 heterocycles. The van der Waals surface area contributed by atoms with E-state index in [-0.39, 0.29) is 5.91 Å². The van der Waals surface area contributed by atoms with Crippen LogP contribution in [-0.4, -0.2) is 25.0 Å². The highest BCUT2D eigenvalue weighted by Gasteiger charge is 2.24. The molecule has 1 aliphatic heterocycles. The molecule has 0 aromatic rings. The molecule has 2 fully saturated rings. The number of carbonyl (C=O) groups is 1. The molecule has 0 aromatic carbocycles. The van der Waals surface area contributed by atoms with E-state index in [9.17, 15) is 4.79 Å². The third-order valence-corrected chi connectivity index (χ3v) is 4.33. The number of hydrogen-bond donors (Lipinski definition) is 2. The molecule has 2 N–H and O–H groups in total. The molecule has 3 unspecified atom stereocenters. The molecule has 98 valence electrons. The highest BCUT2D eigenvalue weighted by molar-refractivity contribution is 5.76. The van der Waals surface area contributed by atoms with Crippen LogP contribution in [0.2, 0.25) is 0 Å². The molecule has 1 amide bonds. The van der Waals surface area contributed by atoms with Gasteiger partial charge in [-0.3, -0.25) is 4.79 Å². The summed E-state index contributed by atoms with van der Waals surface area (Å²) in [5.41, 5.74) is 0. The van der Waals surface area contributed by atoms with E-state index in [2.05, 4.69) is 17.6 Å². The van der Waals surface area contributed by atoms with Crippen LogP contribution >= 0.6 is 0 Å². The number of nitrogens with one attached hydrogen (secondary N) is 2. The minimum Gasteiger partial charge on any atom is -0.353 e. The Bertz CT molecular complexity index is 249. The third-order valence-electron chi connectivity index (χ3n) is 4.33. The van der Waals surface area contributed by atoms with E-state index in [1.54, 1.807) is 0 Å². The van der Waals surface area contributed by atoms with Crippen molar-refractivity contribution in [2.75, 3.05) is 13.1 Å². The fourth-order valence-corrected chi connectivity index (χ4v) is 3.16. The largest absolute Gasteiger partial charge is 0.353 e. The van der Waals surface area contributed by atoms with Gasteiger partial charge >= 0.3 is 0 Å². The first-order chi connectivity index (χ1) is 8.25. The fourth-order valence-electron chi connectivity index (χ4n) is 3.16. The van der Waals surface area contributed by atoms with E-state index in [0.717, 1.165) is 19.5 Å². The van der Waals surface area contributed by atoms with Crippen molar-refractivity contribution in [2.45, 2.75) is 57.9 Å². The van der Waals surface area contributed by atoms with Crippen LogP contribution in [0.5, 0.6) is 0 Å². The van der Waals surface area contributed by atoms with Gasteiger partial charge in [0.1, 0.15) is 0 Å². The van der Waals surface area contributed by atoms with Crippen LogP contribution in [0.3, 0.4) is 0 Å². The van der Waals surface area contributed by atoms with Crippen molar-refractivity contribution in [1.29, 1.82) is 0 Å². The van der Waals surface area contributed by atoms with Crippen molar-refractivity contribution in [3.8, 4) is 0 Å². The van der Waals surface area contributed by atoms with Crippen molar-refractivity contribution >= 4 is 5.91 Å². The van der Waals surface area contributed by atoms with Gasteiger partial charge in [0.25, 0.3) is 0 Å². The van der Waals surface area contributed by atoms with E-state index in [1.807, 2.05) is 0 Å². The number of rotatable bonds is 3. The summed E-state index contributed by atoms with van der Waals surface area (Å²) in [6, 6.07) is 0.438. The summed E-state index contributed by atoms with van der Waals surface area (Å²) >= 11 is 0. The van der Waals surface area contributed by atoms with Gasteiger partial charge in [-0.25, -0.2) is 0 Å². The Labute approximate surface area is 105 Å². The molecular weight excluding hydrogens is 212 g/mol. The predicted molar refractivity (Wildman–Crippen MR) is 69.8 cm³/mol. The normalized spacial score (nSPS) is 34.3. The lowest BCUT2D eigenvalue weighted by Gasteiger charge is -2.30. The second-order valence-corrected chi connectivity index (χ2v) is 5.85. The summed E-state index contributed by atoms with van der Waals surface area (Å²) in [7, 11) is 0. The Morgan fingerprint density at radius 1 is 1.24 bits per heavy atom. The smallest absolute Gasteiger partial charge is 0.220 e. The molecule has 17 heavy (non-hydrogen) atoms. The van der Waals surface area contributed by atoms with Crippen molar-refractivity contribution in [3.05, 3.63) is 0 Å². The summed E-state index contributed by atoms with van der Waals surface area (Å²) in [5.74, 6) is 1.50. The first kappa shape index (κ1) is 12.9. The van der Waals surface area contributed by atoms with E-state index in [0.29, 0.717) is 17.9 Å². The van der Waals surface area contributed by atoms with Crippen molar-refractivity contribution in [2.24, 2.45) is 11.8 Å². The highest BCUT2D eigenvalue weighted by atomic mass is 16.1. The van der Waals surface area contributed by atoms with Crippen LogP contribution < -0.4 is 10.6 Å². The monoisotopic (exact) mass is 238 g/mol. The van der Waals surface area contributed by atoms with Gasteiger partial charge in [-0.1, -0.05) is 19.8 Å². The number of carbonyl (C=O) groups excluding carboxylic acids is 1. The molecule has 1 aliphatic carbocycles. The van der Waals surface area contributed by atoms with Crippen LogP contribution in [0.25, 0.3) is 0 Å². The molecule has 2 rings (SSSR count). The fraction of sp³-hybridized carbons (Fsp3) is 0.929. The summed E-state index contributed by atoms with van der Waals surface area (Å²) in [4.78, 5) is 12.0. The Morgan fingerprint density at radius 3 is 2.76 bits per heavy atom. The van der Waals surface area contributed by atoms with Gasteiger partial charge in [-0.05, 0) is 50.6 Å². The molecule has 3 heteroatoms. The maximum Gasteiger partial charge on any atom is 0.220 e. The van der Waals surface area contributed by atoms with Gasteiger partial charge < -0.3 is 10.6 Å². The van der Waals surface area contributed by atoms with E-state index >= 15 is 0 Å². The Kier molecular flexibility index (Phi) is 4.84. The van der Waals surface area contributed by atoms with Gasteiger partial charge in [-0.15, -0.1) is 0 Å². The first-order valence-corrected chi connectivity index (χ1v) is 7.26. The van der Waals surface area contributed by atoms with Crippen LogP contribution in [0.4, 0.5) is 0 Å².